The molecule has 2 aromatic heterocycles. The predicted octanol–water partition coefficient (Wildman–Crippen LogP) is 1.69. The second kappa shape index (κ2) is 4.72. The lowest BCUT2D eigenvalue weighted by Gasteiger charge is -2.05. The minimum atomic E-state index is 0.183. The van der Waals surface area contributed by atoms with E-state index in [0.717, 1.165) is 25.7 Å². The Labute approximate surface area is 104 Å². The molecule has 18 heavy (non-hydrogen) atoms. The van der Waals surface area contributed by atoms with Crippen LogP contribution in [0.3, 0.4) is 0 Å². The van der Waals surface area contributed by atoms with Crippen molar-refractivity contribution in [3.63, 3.8) is 0 Å². The van der Waals surface area contributed by atoms with E-state index in [4.69, 9.17) is 4.42 Å². The largest absolute Gasteiger partial charge is 0.461 e. The average Bonchev–Trinajstić information content (AvgIpc) is 3.12. The second-order valence-corrected chi connectivity index (χ2v) is 4.57. The van der Waals surface area contributed by atoms with Crippen LogP contribution in [-0.4, -0.2) is 26.0 Å². The molecule has 2 heterocycles. The summed E-state index contributed by atoms with van der Waals surface area (Å²) in [5.74, 6) is 1.37. The van der Waals surface area contributed by atoms with Crippen molar-refractivity contribution in [1.82, 2.24) is 20.2 Å². The van der Waals surface area contributed by atoms with E-state index < -0.39 is 0 Å². The molecule has 0 bridgehead atoms. The molecule has 0 radical (unpaired) electrons. The van der Waals surface area contributed by atoms with Gasteiger partial charge in [0.05, 0.1) is 6.26 Å². The van der Waals surface area contributed by atoms with Gasteiger partial charge in [-0.25, -0.2) is 0 Å². The number of hydrogen-bond acceptors (Lipinski definition) is 5. The van der Waals surface area contributed by atoms with Gasteiger partial charge in [0.1, 0.15) is 6.54 Å². The van der Waals surface area contributed by atoms with Crippen LogP contribution in [0, 0.1) is 5.92 Å². The van der Waals surface area contributed by atoms with Crippen LogP contribution >= 0.6 is 0 Å². The third kappa shape index (κ3) is 2.18. The van der Waals surface area contributed by atoms with Gasteiger partial charge in [0.2, 0.25) is 5.82 Å². The smallest absolute Gasteiger partial charge is 0.240 e. The summed E-state index contributed by atoms with van der Waals surface area (Å²) in [6.07, 6.45) is 5.86. The highest BCUT2D eigenvalue weighted by molar-refractivity contribution is 5.80. The predicted molar refractivity (Wildman–Crippen MR) is 62.5 cm³/mol. The third-order valence-electron chi connectivity index (χ3n) is 3.30. The first-order chi connectivity index (χ1) is 8.83. The van der Waals surface area contributed by atoms with E-state index in [9.17, 15) is 4.79 Å². The van der Waals surface area contributed by atoms with Gasteiger partial charge in [0.25, 0.3) is 0 Å². The van der Waals surface area contributed by atoms with E-state index in [2.05, 4.69) is 15.4 Å². The van der Waals surface area contributed by atoms with Crippen LogP contribution in [0.5, 0.6) is 0 Å². The minimum absolute atomic E-state index is 0.183. The van der Waals surface area contributed by atoms with E-state index in [1.54, 1.807) is 18.4 Å². The molecule has 0 N–H and O–H groups in total. The Bertz CT molecular complexity index is 526. The van der Waals surface area contributed by atoms with Crippen molar-refractivity contribution in [2.45, 2.75) is 32.2 Å². The van der Waals surface area contributed by atoms with Gasteiger partial charge in [-0.2, -0.15) is 4.80 Å². The maximum absolute atomic E-state index is 12.0. The molecule has 0 amide bonds. The molecule has 0 spiro atoms. The molecule has 6 nitrogen and oxygen atoms in total. The lowest BCUT2D eigenvalue weighted by Crippen LogP contribution is -2.19. The highest BCUT2D eigenvalue weighted by Crippen LogP contribution is 2.25. The summed E-state index contributed by atoms with van der Waals surface area (Å²) in [5.41, 5.74) is 0. The number of tetrazole rings is 1. The van der Waals surface area contributed by atoms with Crippen LogP contribution in [0.1, 0.15) is 25.7 Å². The molecule has 0 aliphatic heterocycles. The molecule has 1 saturated carbocycles. The number of carbonyl (C=O) groups is 1. The zero-order valence-electron chi connectivity index (χ0n) is 9.95. The summed E-state index contributed by atoms with van der Waals surface area (Å²) in [4.78, 5) is 13.3. The summed E-state index contributed by atoms with van der Waals surface area (Å²) in [7, 11) is 0. The summed E-state index contributed by atoms with van der Waals surface area (Å²) in [6, 6.07) is 3.53. The molecule has 94 valence electrons. The maximum Gasteiger partial charge on any atom is 0.240 e. The fraction of sp³-hybridized carbons (Fsp3) is 0.500. The van der Waals surface area contributed by atoms with Gasteiger partial charge in [0.15, 0.2) is 11.5 Å². The van der Waals surface area contributed by atoms with Gasteiger partial charge in [-0.1, -0.05) is 12.8 Å². The van der Waals surface area contributed by atoms with Gasteiger partial charge in [-0.3, -0.25) is 4.79 Å². The molecule has 1 fully saturated rings. The van der Waals surface area contributed by atoms with Crippen LogP contribution in [0.4, 0.5) is 0 Å². The monoisotopic (exact) mass is 246 g/mol. The molecule has 2 aromatic rings. The van der Waals surface area contributed by atoms with Crippen molar-refractivity contribution >= 4 is 5.78 Å². The molecule has 6 heteroatoms. The number of nitrogens with zero attached hydrogens (tertiary/aromatic N) is 4. The third-order valence-corrected chi connectivity index (χ3v) is 3.30. The van der Waals surface area contributed by atoms with Crippen molar-refractivity contribution in [3.05, 3.63) is 18.4 Å². The number of hydrogen-bond donors (Lipinski definition) is 0. The SMILES string of the molecule is O=C(Cn1nnc(-c2ccco2)n1)C1CCCC1. The first-order valence-corrected chi connectivity index (χ1v) is 6.17. The zero-order chi connectivity index (χ0) is 12.4. The van der Waals surface area contributed by atoms with E-state index in [1.165, 1.54) is 4.80 Å². The summed E-state index contributed by atoms with van der Waals surface area (Å²) in [5, 5.41) is 11.9. The van der Waals surface area contributed by atoms with Crippen molar-refractivity contribution < 1.29 is 9.21 Å². The Hall–Kier alpha value is -1.98. The van der Waals surface area contributed by atoms with Gasteiger partial charge < -0.3 is 4.42 Å². The molecule has 1 aliphatic carbocycles. The Morgan fingerprint density at radius 3 is 3.00 bits per heavy atom. The molecule has 0 aromatic carbocycles. The van der Waals surface area contributed by atoms with E-state index in [1.807, 2.05) is 0 Å². The lowest BCUT2D eigenvalue weighted by atomic mass is 10.0. The standard InChI is InChI=1S/C12H14N4O2/c17-10(9-4-1-2-5-9)8-16-14-12(13-15-16)11-6-3-7-18-11/h3,6-7,9H,1-2,4-5,8H2. The molecular formula is C12H14N4O2. The minimum Gasteiger partial charge on any atom is -0.461 e. The van der Waals surface area contributed by atoms with Gasteiger partial charge in [-0.15, -0.1) is 10.2 Å². The van der Waals surface area contributed by atoms with E-state index in [-0.39, 0.29) is 18.2 Å². The van der Waals surface area contributed by atoms with Crippen LogP contribution < -0.4 is 0 Å². The average molecular weight is 246 g/mol. The quantitative estimate of drug-likeness (QED) is 0.820. The van der Waals surface area contributed by atoms with Crippen LogP contribution in [0.15, 0.2) is 22.8 Å². The first-order valence-electron chi connectivity index (χ1n) is 6.17. The number of rotatable bonds is 4. The molecule has 1 aliphatic rings. The van der Waals surface area contributed by atoms with Crippen LogP contribution in [0.25, 0.3) is 11.6 Å². The normalized spacial score (nSPS) is 16.2. The van der Waals surface area contributed by atoms with Gasteiger partial charge >= 0.3 is 0 Å². The number of ketones is 1. The van der Waals surface area contributed by atoms with Crippen molar-refractivity contribution in [3.8, 4) is 11.6 Å². The molecule has 0 saturated heterocycles. The maximum atomic E-state index is 12.0. The Morgan fingerprint density at radius 2 is 2.28 bits per heavy atom. The van der Waals surface area contributed by atoms with Crippen LogP contribution in [-0.2, 0) is 11.3 Å². The lowest BCUT2D eigenvalue weighted by molar-refractivity contribution is -0.123. The van der Waals surface area contributed by atoms with E-state index >= 15 is 0 Å². The summed E-state index contributed by atoms with van der Waals surface area (Å²) < 4.78 is 5.17. The fourth-order valence-corrected chi connectivity index (χ4v) is 2.33. The van der Waals surface area contributed by atoms with Crippen molar-refractivity contribution in [2.24, 2.45) is 5.92 Å². The summed E-state index contributed by atoms with van der Waals surface area (Å²) in [6.45, 7) is 0.207. The topological polar surface area (TPSA) is 73.8 Å². The number of furan rings is 1. The number of aromatic nitrogens is 4. The van der Waals surface area contributed by atoms with Gasteiger partial charge in [-0.05, 0) is 30.2 Å². The van der Waals surface area contributed by atoms with Crippen molar-refractivity contribution in [1.29, 1.82) is 0 Å². The Kier molecular flexibility index (Phi) is 2.92. The Balaban J connectivity index is 1.68. The second-order valence-electron chi connectivity index (χ2n) is 4.57. The fourth-order valence-electron chi connectivity index (χ4n) is 2.33. The summed E-state index contributed by atoms with van der Waals surface area (Å²) >= 11 is 0. The molecule has 0 unspecified atom stereocenters. The Morgan fingerprint density at radius 1 is 1.44 bits per heavy atom. The zero-order valence-corrected chi connectivity index (χ0v) is 9.95. The number of Topliss-reactive ketones (excluding diaryl/α,β-unsaturated/α-hetero) is 1. The number of carbonyl (C=O) groups excluding carboxylic acids is 1. The van der Waals surface area contributed by atoms with Crippen LogP contribution in [0.2, 0.25) is 0 Å². The highest BCUT2D eigenvalue weighted by Gasteiger charge is 2.23. The van der Waals surface area contributed by atoms with Crippen molar-refractivity contribution in [2.75, 3.05) is 0 Å². The first kappa shape index (κ1) is 11.1. The molecular weight excluding hydrogens is 232 g/mol. The van der Waals surface area contributed by atoms with E-state index in [0.29, 0.717) is 11.6 Å². The molecule has 3 rings (SSSR count). The highest BCUT2D eigenvalue weighted by atomic mass is 16.3. The van der Waals surface area contributed by atoms with Gasteiger partial charge in [0, 0.05) is 5.92 Å². The molecule has 0 atom stereocenters.